The van der Waals surface area contributed by atoms with Crippen LogP contribution in [0.3, 0.4) is 0 Å². The summed E-state index contributed by atoms with van der Waals surface area (Å²) in [6, 6.07) is 5.26. The third-order valence-corrected chi connectivity index (χ3v) is 4.06. The number of rotatable bonds is 6. The van der Waals surface area contributed by atoms with Crippen molar-refractivity contribution in [2.75, 3.05) is 6.61 Å². The summed E-state index contributed by atoms with van der Waals surface area (Å²) in [5, 5.41) is 20.1. The molecule has 1 saturated heterocycles. The van der Waals surface area contributed by atoms with Crippen molar-refractivity contribution in [1.29, 1.82) is 0 Å². The number of hydrogen-bond donors (Lipinski definition) is 1. The highest BCUT2D eigenvalue weighted by atomic mass is 16.6. The molecule has 25 heavy (non-hydrogen) atoms. The summed E-state index contributed by atoms with van der Waals surface area (Å²) in [6.07, 6.45) is -0.590. The molecule has 0 spiro atoms. The number of benzene rings is 1. The summed E-state index contributed by atoms with van der Waals surface area (Å²) < 4.78 is 10.2. The van der Waals surface area contributed by atoms with Crippen LogP contribution in [0.2, 0.25) is 0 Å². The molecule has 0 amide bonds. The molecule has 1 aromatic rings. The van der Waals surface area contributed by atoms with Crippen molar-refractivity contribution < 1.29 is 33.9 Å². The summed E-state index contributed by atoms with van der Waals surface area (Å²) in [7, 11) is 0. The molecule has 1 aliphatic rings. The molecule has 0 aliphatic carbocycles. The molecule has 1 aromatic carbocycles. The number of esters is 2. The molecule has 3 unspecified atom stereocenters. The van der Waals surface area contributed by atoms with Crippen molar-refractivity contribution in [3.8, 4) is 0 Å². The maximum atomic E-state index is 12.4. The standard InChI is InChI=1S/C16H17NO8/c1-3-24-15(21)13-12(9-5-4-6-10(7-9)17(22)23)14(20)25-16(13,2)8-11(18)19/h4-7,12-13H,3,8H2,1-2H3,(H,18,19). The Balaban J connectivity index is 2.52. The second-order valence-electron chi connectivity index (χ2n) is 5.86. The minimum atomic E-state index is -1.61. The average Bonchev–Trinajstić information content (AvgIpc) is 2.77. The van der Waals surface area contributed by atoms with E-state index >= 15 is 0 Å². The normalized spacial score (nSPS) is 25.3. The molecule has 0 saturated carbocycles. The predicted molar refractivity (Wildman–Crippen MR) is 82.7 cm³/mol. The van der Waals surface area contributed by atoms with Gasteiger partial charge in [0.1, 0.15) is 11.5 Å². The Morgan fingerprint density at radius 1 is 1.44 bits per heavy atom. The first-order chi connectivity index (χ1) is 11.7. The molecule has 1 fully saturated rings. The molecule has 9 heteroatoms. The van der Waals surface area contributed by atoms with Crippen LogP contribution in [0, 0.1) is 16.0 Å². The van der Waals surface area contributed by atoms with Crippen molar-refractivity contribution in [2.24, 2.45) is 5.92 Å². The van der Waals surface area contributed by atoms with Gasteiger partial charge in [-0.3, -0.25) is 24.5 Å². The predicted octanol–water partition coefficient (Wildman–Crippen LogP) is 1.65. The Bertz CT molecular complexity index is 731. The minimum Gasteiger partial charge on any atom is -0.481 e. The van der Waals surface area contributed by atoms with E-state index in [1.165, 1.54) is 31.2 Å². The van der Waals surface area contributed by atoms with Gasteiger partial charge in [0.2, 0.25) is 0 Å². The number of ether oxygens (including phenoxy) is 2. The van der Waals surface area contributed by atoms with Crippen LogP contribution in [0.1, 0.15) is 31.7 Å². The number of hydrogen-bond acceptors (Lipinski definition) is 7. The number of carbonyl (C=O) groups excluding carboxylic acids is 2. The molecule has 1 heterocycles. The number of carboxylic acid groups (broad SMARTS) is 1. The fourth-order valence-corrected chi connectivity index (χ4v) is 3.07. The third kappa shape index (κ3) is 3.59. The molecule has 0 bridgehead atoms. The van der Waals surface area contributed by atoms with E-state index in [1.54, 1.807) is 6.92 Å². The molecular formula is C16H17NO8. The third-order valence-electron chi connectivity index (χ3n) is 4.06. The zero-order valence-corrected chi connectivity index (χ0v) is 13.6. The first-order valence-electron chi connectivity index (χ1n) is 7.55. The first kappa shape index (κ1) is 18.4. The van der Waals surface area contributed by atoms with Gasteiger partial charge in [0.25, 0.3) is 5.69 Å². The smallest absolute Gasteiger partial charge is 0.315 e. The van der Waals surface area contributed by atoms with Crippen LogP contribution >= 0.6 is 0 Å². The fourth-order valence-electron chi connectivity index (χ4n) is 3.07. The van der Waals surface area contributed by atoms with Crippen LogP contribution in [-0.4, -0.2) is 40.1 Å². The molecule has 1 aliphatic heterocycles. The summed E-state index contributed by atoms with van der Waals surface area (Å²) >= 11 is 0. The lowest BCUT2D eigenvalue weighted by Gasteiger charge is -2.27. The van der Waals surface area contributed by atoms with E-state index in [-0.39, 0.29) is 17.9 Å². The van der Waals surface area contributed by atoms with Gasteiger partial charge in [0, 0.05) is 12.1 Å². The van der Waals surface area contributed by atoms with E-state index in [0.29, 0.717) is 0 Å². The monoisotopic (exact) mass is 351 g/mol. The van der Waals surface area contributed by atoms with Crippen LogP contribution in [-0.2, 0) is 23.9 Å². The van der Waals surface area contributed by atoms with Gasteiger partial charge in [-0.1, -0.05) is 12.1 Å². The zero-order valence-electron chi connectivity index (χ0n) is 13.6. The van der Waals surface area contributed by atoms with Crippen LogP contribution in [0.25, 0.3) is 0 Å². The van der Waals surface area contributed by atoms with Gasteiger partial charge in [-0.05, 0) is 19.4 Å². The SMILES string of the molecule is CCOC(=O)C1C(c2cccc([N+](=O)[O-])c2)C(=O)OC1(C)CC(=O)O. The lowest BCUT2D eigenvalue weighted by molar-refractivity contribution is -0.384. The van der Waals surface area contributed by atoms with Gasteiger partial charge in [0.05, 0.1) is 23.9 Å². The van der Waals surface area contributed by atoms with Crippen LogP contribution in [0.15, 0.2) is 24.3 Å². The highest BCUT2D eigenvalue weighted by molar-refractivity contribution is 5.91. The van der Waals surface area contributed by atoms with E-state index in [9.17, 15) is 24.5 Å². The second-order valence-corrected chi connectivity index (χ2v) is 5.86. The van der Waals surface area contributed by atoms with Crippen molar-refractivity contribution in [1.82, 2.24) is 0 Å². The largest absolute Gasteiger partial charge is 0.481 e. The van der Waals surface area contributed by atoms with Crippen molar-refractivity contribution in [3.63, 3.8) is 0 Å². The Morgan fingerprint density at radius 2 is 2.12 bits per heavy atom. The quantitative estimate of drug-likeness (QED) is 0.464. The van der Waals surface area contributed by atoms with Gasteiger partial charge in [0.15, 0.2) is 0 Å². The molecule has 0 radical (unpaired) electrons. The number of carboxylic acids is 1. The summed E-state index contributed by atoms with van der Waals surface area (Å²) in [5.74, 6) is -5.25. The van der Waals surface area contributed by atoms with Crippen LogP contribution < -0.4 is 0 Å². The number of carbonyl (C=O) groups is 3. The lowest BCUT2D eigenvalue weighted by Crippen LogP contribution is -2.41. The number of nitro benzene ring substituents is 1. The van der Waals surface area contributed by atoms with Gasteiger partial charge in [-0.15, -0.1) is 0 Å². The van der Waals surface area contributed by atoms with Crippen molar-refractivity contribution in [2.45, 2.75) is 31.8 Å². The molecule has 9 nitrogen and oxygen atoms in total. The summed E-state index contributed by atoms with van der Waals surface area (Å²) in [5.41, 5.74) is -1.66. The molecule has 2 rings (SSSR count). The zero-order chi connectivity index (χ0) is 18.8. The number of cyclic esters (lactones) is 1. The van der Waals surface area contributed by atoms with Crippen molar-refractivity contribution in [3.05, 3.63) is 39.9 Å². The topological polar surface area (TPSA) is 133 Å². The van der Waals surface area contributed by atoms with Crippen molar-refractivity contribution >= 4 is 23.6 Å². The van der Waals surface area contributed by atoms with Crippen LogP contribution in [0.4, 0.5) is 5.69 Å². The minimum absolute atomic E-state index is 0.0360. The Morgan fingerprint density at radius 3 is 2.68 bits per heavy atom. The van der Waals surface area contributed by atoms with E-state index < -0.39 is 46.7 Å². The van der Waals surface area contributed by atoms with Gasteiger partial charge < -0.3 is 14.6 Å². The highest BCUT2D eigenvalue weighted by Crippen LogP contribution is 2.46. The molecule has 1 N–H and O–H groups in total. The Kier molecular flexibility index (Phi) is 5.05. The Hall–Kier alpha value is -2.97. The van der Waals surface area contributed by atoms with E-state index in [2.05, 4.69) is 0 Å². The number of non-ortho nitro benzene ring substituents is 1. The number of nitro groups is 1. The second kappa shape index (κ2) is 6.88. The maximum Gasteiger partial charge on any atom is 0.315 e. The van der Waals surface area contributed by atoms with Gasteiger partial charge in [-0.25, -0.2) is 0 Å². The molecule has 134 valence electrons. The number of aliphatic carboxylic acids is 1. The van der Waals surface area contributed by atoms with Crippen LogP contribution in [0.5, 0.6) is 0 Å². The maximum absolute atomic E-state index is 12.4. The highest BCUT2D eigenvalue weighted by Gasteiger charge is 2.58. The molecular weight excluding hydrogens is 334 g/mol. The summed E-state index contributed by atoms with van der Waals surface area (Å²) in [4.78, 5) is 46.3. The first-order valence-corrected chi connectivity index (χ1v) is 7.55. The average molecular weight is 351 g/mol. The van der Waals surface area contributed by atoms with E-state index in [4.69, 9.17) is 14.6 Å². The lowest BCUT2D eigenvalue weighted by atomic mass is 9.77. The fraction of sp³-hybridized carbons (Fsp3) is 0.438. The number of nitrogens with zero attached hydrogens (tertiary/aromatic N) is 1. The van der Waals surface area contributed by atoms with Gasteiger partial charge >= 0.3 is 17.9 Å². The summed E-state index contributed by atoms with van der Waals surface area (Å²) in [6.45, 7) is 2.96. The Labute approximate surface area is 142 Å². The van der Waals surface area contributed by atoms with E-state index in [0.717, 1.165) is 0 Å². The molecule has 3 atom stereocenters. The van der Waals surface area contributed by atoms with Gasteiger partial charge in [-0.2, -0.15) is 0 Å². The van der Waals surface area contributed by atoms with E-state index in [1.807, 2.05) is 0 Å². The molecule has 0 aromatic heterocycles.